The van der Waals surface area contributed by atoms with Gasteiger partial charge in [0.15, 0.2) is 0 Å². The average Bonchev–Trinajstić information content (AvgIpc) is 3.04. The zero-order valence-corrected chi connectivity index (χ0v) is 23.7. The van der Waals surface area contributed by atoms with E-state index in [4.69, 9.17) is 4.55 Å². The Morgan fingerprint density at radius 3 is 2.34 bits per heavy atom. The van der Waals surface area contributed by atoms with E-state index in [1.807, 2.05) is 0 Å². The van der Waals surface area contributed by atoms with Gasteiger partial charge in [-0.25, -0.2) is 0 Å². The number of hydrogen-bond acceptors (Lipinski definition) is 3. The van der Waals surface area contributed by atoms with Gasteiger partial charge in [-0.05, 0) is 104 Å². The quantitative estimate of drug-likeness (QED) is 0.205. The van der Waals surface area contributed by atoms with Gasteiger partial charge in [0.25, 0.3) is 10.1 Å². The third kappa shape index (κ3) is 4.40. The summed E-state index contributed by atoms with van der Waals surface area (Å²) in [6.07, 6.45) is 14.8. The summed E-state index contributed by atoms with van der Waals surface area (Å²) < 4.78 is 31.1. The van der Waals surface area contributed by atoms with Crippen LogP contribution in [0.15, 0.2) is 23.8 Å². The number of rotatable bonds is 8. The summed E-state index contributed by atoms with van der Waals surface area (Å²) in [7, 11) is -3.85. The molecule has 2 fully saturated rings. The fourth-order valence-corrected chi connectivity index (χ4v) is 10.3. The van der Waals surface area contributed by atoms with Crippen molar-refractivity contribution >= 4 is 10.1 Å². The largest absolute Gasteiger partial charge is 0.393 e. The van der Waals surface area contributed by atoms with E-state index in [2.05, 4.69) is 47.3 Å². The van der Waals surface area contributed by atoms with Crippen molar-refractivity contribution in [2.24, 2.45) is 39.4 Å². The van der Waals surface area contributed by atoms with Crippen LogP contribution in [0.2, 0.25) is 0 Å². The summed E-state index contributed by atoms with van der Waals surface area (Å²) in [5.74, 6) is 1.52. The van der Waals surface area contributed by atoms with Crippen LogP contribution in [0.5, 0.6) is 0 Å². The van der Waals surface area contributed by atoms with E-state index >= 15 is 0 Å². The Balaban J connectivity index is 1.54. The first-order valence-corrected chi connectivity index (χ1v) is 15.8. The van der Waals surface area contributed by atoms with Crippen LogP contribution < -0.4 is 0 Å². The first kappa shape index (κ1) is 27.4. The highest BCUT2D eigenvalue weighted by molar-refractivity contribution is 7.85. The fourth-order valence-electron chi connectivity index (χ4n) is 9.73. The highest BCUT2D eigenvalue weighted by atomic mass is 32.2. The van der Waals surface area contributed by atoms with Crippen molar-refractivity contribution in [1.29, 1.82) is 0 Å². The standard InChI is InChI=1S/C30H50O4S/c1-7-21(11-9-8-10-20-35(32,33)34)22-14-18-30(6)24-12-13-25-27(2,3)26(31)16-17-28(25,4)23(24)15-19-29(22,30)5/h7,21-22,25-26,31H,1,8-20H2,2-6H3,(H,32,33,34)/t21-,22-,25+,26?,28-,29-,30+/m1/s1. The molecule has 0 aromatic carbocycles. The molecule has 0 aromatic heterocycles. The minimum atomic E-state index is -3.85. The molecular weight excluding hydrogens is 456 g/mol. The van der Waals surface area contributed by atoms with E-state index in [0.29, 0.717) is 24.2 Å². The number of aliphatic hydroxyl groups is 1. The van der Waals surface area contributed by atoms with Crippen LogP contribution in [0.25, 0.3) is 0 Å². The summed E-state index contributed by atoms with van der Waals surface area (Å²) in [6.45, 7) is 16.5. The molecule has 0 spiro atoms. The van der Waals surface area contributed by atoms with Gasteiger partial charge in [-0.1, -0.05) is 64.7 Å². The summed E-state index contributed by atoms with van der Waals surface area (Å²) >= 11 is 0. The van der Waals surface area contributed by atoms with E-state index in [9.17, 15) is 13.5 Å². The topological polar surface area (TPSA) is 74.6 Å². The number of hydrogen-bond donors (Lipinski definition) is 2. The molecule has 4 rings (SSSR count). The van der Waals surface area contributed by atoms with Crippen molar-refractivity contribution in [3.8, 4) is 0 Å². The van der Waals surface area contributed by atoms with Crippen LogP contribution in [0, 0.1) is 39.4 Å². The molecule has 4 aliphatic carbocycles. The van der Waals surface area contributed by atoms with Crippen LogP contribution in [0.4, 0.5) is 0 Å². The van der Waals surface area contributed by atoms with Gasteiger partial charge in [0, 0.05) is 0 Å². The Labute approximate surface area is 214 Å². The van der Waals surface area contributed by atoms with Crippen LogP contribution in [-0.2, 0) is 10.1 Å². The van der Waals surface area contributed by atoms with Crippen molar-refractivity contribution in [2.75, 3.05) is 5.75 Å². The van der Waals surface area contributed by atoms with Crippen molar-refractivity contribution in [1.82, 2.24) is 0 Å². The smallest absolute Gasteiger partial charge is 0.264 e. The van der Waals surface area contributed by atoms with Gasteiger partial charge in [-0.3, -0.25) is 4.55 Å². The zero-order chi connectivity index (χ0) is 25.9. The second-order valence-electron chi connectivity index (χ2n) is 13.8. The maximum Gasteiger partial charge on any atom is 0.264 e. The second-order valence-corrected chi connectivity index (χ2v) is 15.3. The van der Waals surface area contributed by atoms with E-state index in [1.165, 1.54) is 38.5 Å². The van der Waals surface area contributed by atoms with Gasteiger partial charge >= 0.3 is 0 Å². The van der Waals surface area contributed by atoms with Crippen LogP contribution in [-0.4, -0.2) is 29.9 Å². The van der Waals surface area contributed by atoms with Gasteiger partial charge in [-0.2, -0.15) is 8.42 Å². The molecule has 0 amide bonds. The summed E-state index contributed by atoms with van der Waals surface area (Å²) in [6, 6.07) is 0. The second kappa shape index (κ2) is 9.27. The molecule has 4 nitrogen and oxygen atoms in total. The van der Waals surface area contributed by atoms with Crippen molar-refractivity contribution < 1.29 is 18.1 Å². The monoisotopic (exact) mass is 506 g/mol. The van der Waals surface area contributed by atoms with Gasteiger partial charge < -0.3 is 5.11 Å². The number of fused-ring (bicyclic) bond motifs is 4. The summed E-state index contributed by atoms with van der Waals surface area (Å²) in [5, 5.41) is 10.8. The lowest BCUT2D eigenvalue weighted by molar-refractivity contribution is -0.0961. The third-order valence-corrected chi connectivity index (χ3v) is 12.9. The minimum absolute atomic E-state index is 0.0192. The molecule has 7 atom stereocenters. The predicted octanol–water partition coefficient (Wildman–Crippen LogP) is 7.35. The maximum absolute atomic E-state index is 11.0. The predicted molar refractivity (Wildman–Crippen MR) is 144 cm³/mol. The lowest BCUT2D eigenvalue weighted by Gasteiger charge is -2.62. The minimum Gasteiger partial charge on any atom is -0.393 e. The van der Waals surface area contributed by atoms with E-state index in [1.54, 1.807) is 11.1 Å². The van der Waals surface area contributed by atoms with Crippen molar-refractivity contribution in [3.05, 3.63) is 23.8 Å². The first-order valence-electron chi connectivity index (χ1n) is 14.2. The van der Waals surface area contributed by atoms with Crippen molar-refractivity contribution in [2.45, 2.75) is 118 Å². The van der Waals surface area contributed by atoms with Crippen LogP contribution in [0.1, 0.15) is 112 Å². The Morgan fingerprint density at radius 1 is 0.971 bits per heavy atom. The Hall–Kier alpha value is -0.650. The van der Waals surface area contributed by atoms with Gasteiger partial charge in [0.1, 0.15) is 0 Å². The Kier molecular flexibility index (Phi) is 7.26. The van der Waals surface area contributed by atoms with Crippen LogP contribution in [0.3, 0.4) is 0 Å². The highest BCUT2D eigenvalue weighted by Crippen LogP contribution is 2.72. The van der Waals surface area contributed by atoms with Gasteiger partial charge in [0.2, 0.25) is 0 Å². The molecule has 0 saturated heterocycles. The van der Waals surface area contributed by atoms with Gasteiger partial charge in [0.05, 0.1) is 11.9 Å². The zero-order valence-electron chi connectivity index (χ0n) is 22.9. The SMILES string of the molecule is C=C[C@H](CCCCCS(=O)(=O)O)[C@H]1CC[C@@]2(C)C3=C(CC[C@]12C)[C@@]1(C)CCC(O)C(C)(C)[C@@H]1CC3. The fraction of sp³-hybridized carbons (Fsp3) is 0.867. The Morgan fingerprint density at radius 2 is 1.69 bits per heavy atom. The molecule has 1 unspecified atom stereocenters. The highest BCUT2D eigenvalue weighted by Gasteiger charge is 2.63. The van der Waals surface area contributed by atoms with E-state index in [0.717, 1.165) is 32.1 Å². The molecule has 0 aliphatic heterocycles. The molecular formula is C30H50O4S. The molecule has 35 heavy (non-hydrogen) atoms. The molecule has 4 aliphatic rings. The van der Waals surface area contributed by atoms with E-state index in [-0.39, 0.29) is 33.5 Å². The molecule has 5 heteroatoms. The van der Waals surface area contributed by atoms with Crippen molar-refractivity contribution in [3.63, 3.8) is 0 Å². The maximum atomic E-state index is 11.0. The molecule has 200 valence electrons. The third-order valence-electron chi connectivity index (χ3n) is 12.1. The molecule has 0 bridgehead atoms. The summed E-state index contributed by atoms with van der Waals surface area (Å²) in [4.78, 5) is 0. The molecule has 0 heterocycles. The number of unbranched alkanes of at least 4 members (excludes halogenated alkanes) is 2. The number of allylic oxidation sites excluding steroid dienone is 3. The average molecular weight is 507 g/mol. The molecule has 2 N–H and O–H groups in total. The van der Waals surface area contributed by atoms with Gasteiger partial charge in [-0.15, -0.1) is 6.58 Å². The first-order chi connectivity index (χ1) is 16.2. The lowest BCUT2D eigenvalue weighted by Crippen LogP contribution is -2.55. The number of aliphatic hydroxyl groups excluding tert-OH is 1. The normalized spacial score (nSPS) is 41.6. The molecule has 0 radical (unpaired) electrons. The van der Waals surface area contributed by atoms with Crippen LogP contribution >= 0.6 is 0 Å². The lowest BCUT2D eigenvalue weighted by atomic mass is 9.43. The Bertz CT molecular complexity index is 965. The van der Waals surface area contributed by atoms with E-state index < -0.39 is 10.1 Å². The molecule has 2 saturated carbocycles. The summed E-state index contributed by atoms with van der Waals surface area (Å²) in [5.41, 5.74) is 4.25. The molecule has 0 aromatic rings.